The van der Waals surface area contributed by atoms with Crippen LogP contribution in [-0.4, -0.2) is 21.5 Å². The molecule has 1 spiro atoms. The number of halogens is 2. The maximum atomic E-state index is 9.78. The average molecular weight is 439 g/mol. The van der Waals surface area contributed by atoms with Crippen molar-refractivity contribution in [3.8, 4) is 28.3 Å². The summed E-state index contributed by atoms with van der Waals surface area (Å²) in [5, 5.41) is 14.7. The summed E-state index contributed by atoms with van der Waals surface area (Å²) in [6.07, 6.45) is 4.67. The first-order valence-corrected chi connectivity index (χ1v) is 10.8. The molecule has 2 heterocycles. The van der Waals surface area contributed by atoms with Crippen molar-refractivity contribution in [2.45, 2.75) is 37.7 Å². The summed E-state index contributed by atoms with van der Waals surface area (Å²) in [5.41, 5.74) is 4.38. The van der Waals surface area contributed by atoms with E-state index in [1.54, 1.807) is 0 Å². The van der Waals surface area contributed by atoms with E-state index in [-0.39, 0.29) is 5.60 Å². The second-order valence-corrected chi connectivity index (χ2v) is 8.78. The van der Waals surface area contributed by atoms with Crippen molar-refractivity contribution in [3.05, 3.63) is 70.2 Å². The van der Waals surface area contributed by atoms with Crippen molar-refractivity contribution < 1.29 is 9.94 Å². The zero-order valence-electron chi connectivity index (χ0n) is 16.2. The first kappa shape index (κ1) is 19.4. The van der Waals surface area contributed by atoms with Gasteiger partial charge in [0.2, 0.25) is 5.88 Å². The van der Waals surface area contributed by atoms with Crippen LogP contribution >= 0.6 is 23.2 Å². The summed E-state index contributed by atoms with van der Waals surface area (Å²) in [7, 11) is 0. The van der Waals surface area contributed by atoms with Crippen molar-refractivity contribution in [2.24, 2.45) is 5.16 Å². The van der Waals surface area contributed by atoms with E-state index in [0.29, 0.717) is 28.1 Å². The number of nitrogens with zero attached hydrogens (tertiary/aromatic N) is 2. The molecule has 1 saturated carbocycles. The van der Waals surface area contributed by atoms with Gasteiger partial charge in [-0.1, -0.05) is 58.7 Å². The molecule has 2 aromatic carbocycles. The molecule has 0 atom stereocenters. The molecule has 3 aromatic rings. The van der Waals surface area contributed by atoms with Gasteiger partial charge in [0.15, 0.2) is 0 Å². The Hall–Kier alpha value is -2.56. The minimum atomic E-state index is -0.332. The van der Waals surface area contributed by atoms with Gasteiger partial charge in [-0.3, -0.25) is 0 Å². The molecule has 5 rings (SSSR count). The third kappa shape index (κ3) is 3.34. The smallest absolute Gasteiger partial charge is 0.223 e. The molecule has 0 bridgehead atoms. The lowest BCUT2D eigenvalue weighted by Gasteiger charge is -2.35. The topological polar surface area (TPSA) is 54.7 Å². The van der Waals surface area contributed by atoms with Crippen LogP contribution in [0, 0.1) is 0 Å². The zero-order chi connectivity index (χ0) is 20.7. The van der Waals surface area contributed by atoms with Gasteiger partial charge >= 0.3 is 0 Å². The van der Waals surface area contributed by atoms with Crippen LogP contribution in [0.5, 0.6) is 5.88 Å². The number of fused-ring (bicyclic) bond motifs is 1. The standard InChI is InChI=1S/C24H20Cl2N2O2/c25-16-9-7-15(8-10-16)18-13-19-21(28-29)14-24(11-3-4-12-24)30-23(19)27-22(18)17-5-1-2-6-20(17)26/h1-2,5-10,13,29H,3-4,11-12,14H2. The molecule has 152 valence electrons. The molecule has 1 aliphatic carbocycles. The molecular weight excluding hydrogens is 419 g/mol. The van der Waals surface area contributed by atoms with Crippen LogP contribution < -0.4 is 4.74 Å². The number of benzene rings is 2. The van der Waals surface area contributed by atoms with Gasteiger partial charge in [0.25, 0.3) is 0 Å². The molecule has 30 heavy (non-hydrogen) atoms. The molecule has 1 fully saturated rings. The van der Waals surface area contributed by atoms with Gasteiger partial charge in [0.1, 0.15) is 5.60 Å². The summed E-state index contributed by atoms with van der Waals surface area (Å²) < 4.78 is 6.46. The second-order valence-electron chi connectivity index (χ2n) is 7.94. The highest BCUT2D eigenvalue weighted by molar-refractivity contribution is 6.33. The van der Waals surface area contributed by atoms with Crippen molar-refractivity contribution in [3.63, 3.8) is 0 Å². The normalized spacial score (nSPS) is 18.4. The summed E-state index contributed by atoms with van der Waals surface area (Å²) in [5.74, 6) is 0.503. The Kier molecular flexibility index (Phi) is 4.92. The fourth-order valence-electron chi connectivity index (χ4n) is 4.52. The highest BCUT2D eigenvalue weighted by atomic mass is 35.5. The third-order valence-corrected chi connectivity index (χ3v) is 6.60. The minimum Gasteiger partial charge on any atom is -0.470 e. The number of hydrogen-bond donors (Lipinski definition) is 1. The summed E-state index contributed by atoms with van der Waals surface area (Å²) in [6.45, 7) is 0. The Morgan fingerprint density at radius 2 is 1.67 bits per heavy atom. The van der Waals surface area contributed by atoms with Gasteiger partial charge in [-0.2, -0.15) is 0 Å². The molecule has 4 nitrogen and oxygen atoms in total. The molecule has 6 heteroatoms. The van der Waals surface area contributed by atoms with Crippen LogP contribution in [0.15, 0.2) is 59.8 Å². The Balaban J connectivity index is 1.75. The number of oxime groups is 1. The van der Waals surface area contributed by atoms with E-state index in [1.165, 1.54) is 0 Å². The lowest BCUT2D eigenvalue weighted by molar-refractivity contribution is 0.0712. The third-order valence-electron chi connectivity index (χ3n) is 6.02. The van der Waals surface area contributed by atoms with Crippen molar-refractivity contribution in [1.29, 1.82) is 0 Å². The Labute approximate surface area is 185 Å². The Bertz CT molecular complexity index is 1140. The molecule has 1 aromatic heterocycles. The SMILES string of the molecule is ON=C1CC2(CCCC2)Oc2nc(-c3ccccc3Cl)c(-c3ccc(Cl)cc3)cc21. The number of pyridine rings is 1. The van der Waals surface area contributed by atoms with Gasteiger partial charge < -0.3 is 9.94 Å². The van der Waals surface area contributed by atoms with E-state index in [4.69, 9.17) is 32.9 Å². The molecule has 0 radical (unpaired) electrons. The van der Waals surface area contributed by atoms with E-state index in [9.17, 15) is 5.21 Å². The molecule has 1 aliphatic heterocycles. The molecule has 1 N–H and O–H groups in total. The van der Waals surface area contributed by atoms with E-state index in [1.807, 2.05) is 54.6 Å². The van der Waals surface area contributed by atoms with E-state index < -0.39 is 0 Å². The predicted molar refractivity (Wildman–Crippen MR) is 120 cm³/mol. The fourth-order valence-corrected chi connectivity index (χ4v) is 4.87. The van der Waals surface area contributed by atoms with Crippen LogP contribution in [0.2, 0.25) is 10.0 Å². The van der Waals surface area contributed by atoms with Gasteiger partial charge in [0.05, 0.1) is 17.0 Å². The van der Waals surface area contributed by atoms with Crippen LogP contribution in [-0.2, 0) is 0 Å². The molecule has 0 amide bonds. The van der Waals surface area contributed by atoms with Crippen molar-refractivity contribution in [2.75, 3.05) is 0 Å². The first-order chi connectivity index (χ1) is 14.6. The van der Waals surface area contributed by atoms with E-state index in [0.717, 1.165) is 53.6 Å². The van der Waals surface area contributed by atoms with Gasteiger partial charge in [-0.05, 0) is 55.5 Å². The van der Waals surface area contributed by atoms with Gasteiger partial charge in [-0.15, -0.1) is 0 Å². The zero-order valence-corrected chi connectivity index (χ0v) is 17.7. The monoisotopic (exact) mass is 438 g/mol. The maximum Gasteiger partial charge on any atom is 0.223 e. The van der Waals surface area contributed by atoms with E-state index in [2.05, 4.69) is 5.16 Å². The minimum absolute atomic E-state index is 0.332. The Morgan fingerprint density at radius 1 is 0.933 bits per heavy atom. The summed E-state index contributed by atoms with van der Waals surface area (Å²) in [4.78, 5) is 4.93. The van der Waals surface area contributed by atoms with Crippen LogP contribution in [0.25, 0.3) is 22.4 Å². The number of ether oxygens (including phenoxy) is 1. The molecular formula is C24H20Cl2N2O2. The highest BCUT2D eigenvalue weighted by Gasteiger charge is 2.43. The number of hydrogen-bond acceptors (Lipinski definition) is 4. The fraction of sp³-hybridized carbons (Fsp3) is 0.250. The van der Waals surface area contributed by atoms with Crippen molar-refractivity contribution >= 4 is 28.9 Å². The quantitative estimate of drug-likeness (QED) is 0.346. The Morgan fingerprint density at radius 3 is 2.37 bits per heavy atom. The summed E-state index contributed by atoms with van der Waals surface area (Å²) in [6, 6.07) is 17.2. The second kappa shape index (κ2) is 7.60. The van der Waals surface area contributed by atoms with Gasteiger partial charge in [0, 0.05) is 27.6 Å². The molecule has 0 saturated heterocycles. The lowest BCUT2D eigenvalue weighted by atomic mass is 9.87. The lowest BCUT2D eigenvalue weighted by Crippen LogP contribution is -2.40. The number of aromatic nitrogens is 1. The number of rotatable bonds is 2. The van der Waals surface area contributed by atoms with Crippen LogP contribution in [0.3, 0.4) is 0 Å². The molecule has 2 aliphatic rings. The van der Waals surface area contributed by atoms with E-state index >= 15 is 0 Å². The van der Waals surface area contributed by atoms with Crippen LogP contribution in [0.4, 0.5) is 0 Å². The first-order valence-electron chi connectivity index (χ1n) is 10.0. The van der Waals surface area contributed by atoms with Crippen molar-refractivity contribution in [1.82, 2.24) is 4.98 Å². The van der Waals surface area contributed by atoms with Crippen LogP contribution in [0.1, 0.15) is 37.7 Å². The van der Waals surface area contributed by atoms with Gasteiger partial charge in [-0.25, -0.2) is 4.98 Å². The maximum absolute atomic E-state index is 9.78. The largest absolute Gasteiger partial charge is 0.470 e. The predicted octanol–water partition coefficient (Wildman–Crippen LogP) is 7.00. The molecule has 0 unspecified atom stereocenters. The average Bonchev–Trinajstić information content (AvgIpc) is 3.21. The summed E-state index contributed by atoms with van der Waals surface area (Å²) >= 11 is 12.6. The highest BCUT2D eigenvalue weighted by Crippen LogP contribution is 2.45.